The summed E-state index contributed by atoms with van der Waals surface area (Å²) in [6.45, 7) is 6.46. The third-order valence-corrected chi connectivity index (χ3v) is 3.29. The van der Waals surface area contributed by atoms with Crippen molar-refractivity contribution in [2.45, 2.75) is 26.2 Å². The zero-order chi connectivity index (χ0) is 6.43. The molecule has 2 rings (SSSR count). The summed E-state index contributed by atoms with van der Waals surface area (Å²) < 4.78 is 0. The maximum atomic E-state index is 4.12. The molecule has 2 saturated carbocycles. The Kier molecular flexibility index (Phi) is 0.992. The molecule has 0 amide bonds. The van der Waals surface area contributed by atoms with Gasteiger partial charge in [0.1, 0.15) is 0 Å². The van der Waals surface area contributed by atoms with Crippen molar-refractivity contribution < 1.29 is 0 Å². The van der Waals surface area contributed by atoms with Crippen LogP contribution in [0, 0.1) is 17.8 Å². The van der Waals surface area contributed by atoms with Crippen LogP contribution in [0.15, 0.2) is 12.2 Å². The van der Waals surface area contributed by atoms with Crippen molar-refractivity contribution in [3.63, 3.8) is 0 Å². The Hall–Kier alpha value is -0.260. The molecule has 0 heteroatoms. The summed E-state index contributed by atoms with van der Waals surface area (Å²) in [5, 5.41) is 0. The maximum absolute atomic E-state index is 4.12. The third-order valence-electron chi connectivity index (χ3n) is 3.29. The molecule has 0 N–H and O–H groups in total. The molecule has 0 heterocycles. The Balaban J connectivity index is 2.25. The monoisotopic (exact) mass is 122 g/mol. The van der Waals surface area contributed by atoms with Crippen LogP contribution in [0.4, 0.5) is 0 Å². The van der Waals surface area contributed by atoms with Crippen molar-refractivity contribution in [1.82, 2.24) is 0 Å². The van der Waals surface area contributed by atoms with Crippen LogP contribution in [0.2, 0.25) is 0 Å². The van der Waals surface area contributed by atoms with E-state index in [1.807, 2.05) is 0 Å². The van der Waals surface area contributed by atoms with E-state index in [-0.39, 0.29) is 0 Å². The molecule has 3 atom stereocenters. The highest BCUT2D eigenvalue weighted by Crippen LogP contribution is 2.50. The molecule has 0 saturated heterocycles. The largest absolute Gasteiger partial charge is 0.0993 e. The average molecular weight is 122 g/mol. The molecule has 0 radical (unpaired) electrons. The zero-order valence-electron chi connectivity index (χ0n) is 6.06. The number of hydrogen-bond acceptors (Lipinski definition) is 0. The van der Waals surface area contributed by atoms with E-state index in [2.05, 4.69) is 13.5 Å². The SMILES string of the molecule is C=C1C2CCC(C2)C1C. The van der Waals surface area contributed by atoms with Crippen LogP contribution in [-0.2, 0) is 0 Å². The maximum Gasteiger partial charge on any atom is -0.0200 e. The Morgan fingerprint density at radius 3 is 2.56 bits per heavy atom. The number of hydrogen-bond donors (Lipinski definition) is 0. The summed E-state index contributed by atoms with van der Waals surface area (Å²) in [4.78, 5) is 0. The highest BCUT2D eigenvalue weighted by Gasteiger charge is 2.39. The van der Waals surface area contributed by atoms with Gasteiger partial charge in [-0.3, -0.25) is 0 Å². The van der Waals surface area contributed by atoms with Crippen molar-refractivity contribution in [1.29, 1.82) is 0 Å². The molecule has 0 nitrogen and oxygen atoms in total. The molecule has 50 valence electrons. The topological polar surface area (TPSA) is 0 Å². The fraction of sp³-hybridized carbons (Fsp3) is 0.778. The quantitative estimate of drug-likeness (QED) is 0.433. The van der Waals surface area contributed by atoms with E-state index in [0.717, 1.165) is 17.8 Å². The van der Waals surface area contributed by atoms with Crippen LogP contribution in [0.1, 0.15) is 26.2 Å². The number of fused-ring (bicyclic) bond motifs is 2. The van der Waals surface area contributed by atoms with E-state index < -0.39 is 0 Å². The second-order valence-corrected chi connectivity index (χ2v) is 3.63. The normalized spacial score (nSPS) is 48.6. The Bertz CT molecular complexity index is 142. The van der Waals surface area contributed by atoms with Crippen molar-refractivity contribution in [2.75, 3.05) is 0 Å². The van der Waals surface area contributed by atoms with Gasteiger partial charge in [-0.15, -0.1) is 0 Å². The molecule has 0 spiro atoms. The molecule has 2 fully saturated rings. The zero-order valence-corrected chi connectivity index (χ0v) is 6.06. The Morgan fingerprint density at radius 1 is 1.44 bits per heavy atom. The van der Waals surface area contributed by atoms with Crippen molar-refractivity contribution in [2.24, 2.45) is 17.8 Å². The number of allylic oxidation sites excluding steroid dienone is 1. The summed E-state index contributed by atoms with van der Waals surface area (Å²) in [7, 11) is 0. The standard InChI is InChI=1S/C9H14/c1-6-7(2)9-4-3-8(6)5-9/h7-9H,1,3-5H2,2H3. The van der Waals surface area contributed by atoms with Gasteiger partial charge in [-0.2, -0.15) is 0 Å². The highest BCUT2D eigenvalue weighted by molar-refractivity contribution is 5.16. The van der Waals surface area contributed by atoms with Crippen molar-refractivity contribution in [3.8, 4) is 0 Å². The molecule has 2 bridgehead atoms. The first-order valence-corrected chi connectivity index (χ1v) is 3.97. The van der Waals surface area contributed by atoms with Gasteiger partial charge in [-0.1, -0.05) is 19.1 Å². The van der Waals surface area contributed by atoms with Gasteiger partial charge in [0.05, 0.1) is 0 Å². The predicted octanol–water partition coefficient (Wildman–Crippen LogP) is 2.61. The van der Waals surface area contributed by atoms with Crippen LogP contribution < -0.4 is 0 Å². The molecular formula is C9H14. The summed E-state index contributed by atoms with van der Waals surface area (Å²) in [5.74, 6) is 2.79. The van der Waals surface area contributed by atoms with Gasteiger partial charge in [-0.05, 0) is 37.0 Å². The minimum absolute atomic E-state index is 0.851. The number of rotatable bonds is 0. The first-order chi connectivity index (χ1) is 4.29. The molecule has 3 unspecified atom stereocenters. The van der Waals surface area contributed by atoms with Gasteiger partial charge >= 0.3 is 0 Å². The van der Waals surface area contributed by atoms with Gasteiger partial charge in [0.25, 0.3) is 0 Å². The fourth-order valence-electron chi connectivity index (χ4n) is 2.48. The third kappa shape index (κ3) is 0.593. The summed E-state index contributed by atoms with van der Waals surface area (Å²) >= 11 is 0. The first kappa shape index (κ1) is 5.52. The van der Waals surface area contributed by atoms with E-state index in [0.29, 0.717) is 0 Å². The van der Waals surface area contributed by atoms with Gasteiger partial charge in [0.2, 0.25) is 0 Å². The van der Waals surface area contributed by atoms with Crippen LogP contribution >= 0.6 is 0 Å². The van der Waals surface area contributed by atoms with Crippen LogP contribution in [0.25, 0.3) is 0 Å². The molecule has 2 aliphatic rings. The van der Waals surface area contributed by atoms with Gasteiger partial charge in [-0.25, -0.2) is 0 Å². The summed E-state index contributed by atoms with van der Waals surface area (Å²) in [6, 6.07) is 0. The first-order valence-electron chi connectivity index (χ1n) is 3.97. The highest BCUT2D eigenvalue weighted by atomic mass is 14.4. The minimum atomic E-state index is 0.851. The van der Waals surface area contributed by atoms with E-state index in [4.69, 9.17) is 0 Å². The summed E-state index contributed by atoms with van der Waals surface area (Å²) in [6.07, 6.45) is 4.37. The van der Waals surface area contributed by atoms with Crippen LogP contribution in [-0.4, -0.2) is 0 Å². The van der Waals surface area contributed by atoms with E-state index in [1.165, 1.54) is 19.3 Å². The second kappa shape index (κ2) is 1.62. The lowest BCUT2D eigenvalue weighted by atomic mass is 9.87. The lowest BCUT2D eigenvalue weighted by Crippen LogP contribution is -2.08. The molecule has 9 heavy (non-hydrogen) atoms. The Morgan fingerprint density at radius 2 is 2.22 bits per heavy atom. The van der Waals surface area contributed by atoms with Crippen LogP contribution in [0.5, 0.6) is 0 Å². The summed E-state index contributed by atoms with van der Waals surface area (Å²) in [5.41, 5.74) is 1.55. The predicted molar refractivity (Wildman–Crippen MR) is 39.1 cm³/mol. The Labute approximate surface area is 57.0 Å². The second-order valence-electron chi connectivity index (χ2n) is 3.63. The molecule has 0 aromatic carbocycles. The van der Waals surface area contributed by atoms with E-state index >= 15 is 0 Å². The smallest absolute Gasteiger partial charge is 0.0200 e. The van der Waals surface area contributed by atoms with Crippen molar-refractivity contribution in [3.05, 3.63) is 12.2 Å². The lowest BCUT2D eigenvalue weighted by Gasteiger charge is -2.19. The fourth-order valence-corrected chi connectivity index (χ4v) is 2.48. The van der Waals surface area contributed by atoms with Crippen molar-refractivity contribution >= 4 is 0 Å². The molecule has 2 aliphatic carbocycles. The van der Waals surface area contributed by atoms with E-state index in [9.17, 15) is 0 Å². The minimum Gasteiger partial charge on any atom is -0.0993 e. The lowest BCUT2D eigenvalue weighted by molar-refractivity contribution is 0.436. The molecule has 0 aromatic heterocycles. The molecular weight excluding hydrogens is 108 g/mol. The molecule has 0 aromatic rings. The van der Waals surface area contributed by atoms with Crippen LogP contribution in [0.3, 0.4) is 0 Å². The van der Waals surface area contributed by atoms with Gasteiger partial charge in [0.15, 0.2) is 0 Å². The average Bonchev–Trinajstić information content (AvgIpc) is 2.37. The molecule has 0 aliphatic heterocycles. The van der Waals surface area contributed by atoms with E-state index in [1.54, 1.807) is 5.57 Å². The van der Waals surface area contributed by atoms with Gasteiger partial charge < -0.3 is 0 Å². The van der Waals surface area contributed by atoms with Gasteiger partial charge in [0, 0.05) is 0 Å².